The first-order valence-corrected chi connectivity index (χ1v) is 9.25. The molecule has 29 heavy (non-hydrogen) atoms. The van der Waals surface area contributed by atoms with Crippen LogP contribution in [-0.2, 0) is 4.79 Å². The topological polar surface area (TPSA) is 79.2 Å². The first-order valence-electron chi connectivity index (χ1n) is 8.49. The lowest BCUT2D eigenvalue weighted by Crippen LogP contribution is -2.21. The van der Waals surface area contributed by atoms with E-state index in [1.807, 2.05) is 0 Å². The number of aromatic carboxylic acids is 1. The molecule has 0 saturated heterocycles. The third kappa shape index (κ3) is 4.34. The zero-order chi connectivity index (χ0) is 21.1. The van der Waals surface area contributed by atoms with Crippen molar-refractivity contribution in [1.82, 2.24) is 0 Å². The summed E-state index contributed by atoms with van der Waals surface area (Å²) < 4.78 is 5.62. The highest BCUT2D eigenvalue weighted by Crippen LogP contribution is 2.31. The molecule has 2 aromatic rings. The van der Waals surface area contributed by atoms with Crippen LogP contribution in [0, 0.1) is 0 Å². The molecule has 0 spiro atoms. The molecule has 0 atom stereocenters. The maximum atomic E-state index is 13.0. The summed E-state index contributed by atoms with van der Waals surface area (Å²) in [6.45, 7) is 5.61. The SMILES string of the molecule is C=CCOc1ccc(Cl)cc1/C=C1\C(=O)N(c2ccc(Cl)c(C(=O)O)c2)N=C1C. The molecule has 1 aliphatic heterocycles. The largest absolute Gasteiger partial charge is 0.489 e. The number of nitrogens with zero attached hydrogens (tertiary/aromatic N) is 2. The predicted octanol–water partition coefficient (Wildman–Crippen LogP) is 5.06. The van der Waals surface area contributed by atoms with Gasteiger partial charge in [-0.15, -0.1) is 0 Å². The van der Waals surface area contributed by atoms with Gasteiger partial charge in [0, 0.05) is 10.6 Å². The molecule has 0 aliphatic carbocycles. The van der Waals surface area contributed by atoms with Gasteiger partial charge in [0.2, 0.25) is 0 Å². The maximum absolute atomic E-state index is 13.0. The highest BCUT2D eigenvalue weighted by atomic mass is 35.5. The Labute approximate surface area is 177 Å². The number of carboxylic acid groups (broad SMARTS) is 1. The Bertz CT molecular complexity index is 1080. The monoisotopic (exact) mass is 430 g/mol. The molecule has 0 bridgehead atoms. The average molecular weight is 431 g/mol. The third-order valence-electron chi connectivity index (χ3n) is 4.12. The van der Waals surface area contributed by atoms with Gasteiger partial charge in [-0.3, -0.25) is 4.79 Å². The summed E-state index contributed by atoms with van der Waals surface area (Å²) in [5, 5.41) is 15.2. The smallest absolute Gasteiger partial charge is 0.337 e. The number of amides is 1. The van der Waals surface area contributed by atoms with Crippen LogP contribution in [-0.4, -0.2) is 29.3 Å². The zero-order valence-electron chi connectivity index (χ0n) is 15.4. The van der Waals surface area contributed by atoms with Gasteiger partial charge in [-0.05, 0) is 49.4 Å². The molecule has 6 nitrogen and oxygen atoms in total. The lowest BCUT2D eigenvalue weighted by atomic mass is 10.1. The molecular formula is C21H16Cl2N2O4. The van der Waals surface area contributed by atoms with E-state index in [1.165, 1.54) is 18.2 Å². The number of ether oxygens (including phenoxy) is 1. The molecule has 0 fully saturated rings. The molecule has 148 valence electrons. The highest BCUT2D eigenvalue weighted by Gasteiger charge is 2.29. The number of hydrazone groups is 1. The number of benzene rings is 2. The average Bonchev–Trinajstić information content (AvgIpc) is 2.96. The predicted molar refractivity (Wildman–Crippen MR) is 114 cm³/mol. The maximum Gasteiger partial charge on any atom is 0.337 e. The van der Waals surface area contributed by atoms with Gasteiger partial charge in [0.1, 0.15) is 12.4 Å². The molecule has 3 rings (SSSR count). The Balaban J connectivity index is 1.99. The summed E-state index contributed by atoms with van der Waals surface area (Å²) in [6, 6.07) is 9.33. The second-order valence-corrected chi connectivity index (χ2v) is 6.96. The number of halogens is 2. The molecule has 1 N–H and O–H groups in total. The molecule has 0 saturated carbocycles. The first-order chi connectivity index (χ1) is 13.8. The minimum absolute atomic E-state index is 0.0762. The first kappa shape index (κ1) is 20.6. The molecule has 0 aromatic heterocycles. The Kier molecular flexibility index (Phi) is 6.06. The van der Waals surface area contributed by atoms with Crippen LogP contribution in [0.5, 0.6) is 5.75 Å². The third-order valence-corrected chi connectivity index (χ3v) is 4.68. The van der Waals surface area contributed by atoms with E-state index in [0.717, 1.165) is 5.01 Å². The van der Waals surface area contributed by atoms with Crippen molar-refractivity contribution in [3.63, 3.8) is 0 Å². The van der Waals surface area contributed by atoms with Gasteiger partial charge in [-0.1, -0.05) is 35.9 Å². The van der Waals surface area contributed by atoms with Crippen molar-refractivity contribution in [2.45, 2.75) is 6.92 Å². The van der Waals surface area contributed by atoms with E-state index in [9.17, 15) is 14.7 Å². The van der Waals surface area contributed by atoms with Gasteiger partial charge in [-0.25, -0.2) is 4.79 Å². The second kappa shape index (κ2) is 8.51. The fourth-order valence-corrected chi connectivity index (χ4v) is 3.11. The molecule has 1 aliphatic rings. The minimum Gasteiger partial charge on any atom is -0.489 e. The van der Waals surface area contributed by atoms with Crippen LogP contribution in [0.3, 0.4) is 0 Å². The Morgan fingerprint density at radius 1 is 1.28 bits per heavy atom. The number of hydrogen-bond acceptors (Lipinski definition) is 4. The molecule has 1 amide bonds. The normalized spacial score (nSPS) is 14.9. The van der Waals surface area contributed by atoms with Crippen LogP contribution in [0.4, 0.5) is 5.69 Å². The summed E-state index contributed by atoms with van der Waals surface area (Å²) in [4.78, 5) is 24.3. The van der Waals surface area contributed by atoms with E-state index >= 15 is 0 Å². The van der Waals surface area contributed by atoms with Crippen LogP contribution in [0.15, 0.2) is 59.7 Å². The molecular weight excluding hydrogens is 415 g/mol. The highest BCUT2D eigenvalue weighted by molar-refractivity contribution is 6.34. The van der Waals surface area contributed by atoms with Gasteiger partial charge in [0.15, 0.2) is 0 Å². The van der Waals surface area contributed by atoms with Gasteiger partial charge >= 0.3 is 5.97 Å². The summed E-state index contributed by atoms with van der Waals surface area (Å²) in [7, 11) is 0. The van der Waals surface area contributed by atoms with E-state index in [1.54, 1.807) is 37.3 Å². The van der Waals surface area contributed by atoms with Crippen LogP contribution >= 0.6 is 23.2 Å². The Hall–Kier alpha value is -3.09. The van der Waals surface area contributed by atoms with Crippen LogP contribution in [0.1, 0.15) is 22.8 Å². The van der Waals surface area contributed by atoms with Gasteiger partial charge < -0.3 is 9.84 Å². The number of carboxylic acids is 1. The van der Waals surface area contributed by atoms with Gasteiger partial charge in [-0.2, -0.15) is 10.1 Å². The Morgan fingerprint density at radius 3 is 2.72 bits per heavy atom. The van der Waals surface area contributed by atoms with Crippen molar-refractivity contribution in [2.75, 3.05) is 11.6 Å². The van der Waals surface area contributed by atoms with Crippen molar-refractivity contribution in [2.24, 2.45) is 5.10 Å². The van der Waals surface area contributed by atoms with Crippen LogP contribution in [0.25, 0.3) is 6.08 Å². The minimum atomic E-state index is -1.19. The number of carbonyl (C=O) groups excluding carboxylic acids is 1. The van der Waals surface area contributed by atoms with Crippen molar-refractivity contribution in [1.29, 1.82) is 0 Å². The number of rotatable bonds is 6. The van der Waals surface area contributed by atoms with Crippen molar-refractivity contribution in [3.8, 4) is 5.75 Å². The van der Waals surface area contributed by atoms with E-state index in [-0.39, 0.29) is 10.6 Å². The van der Waals surface area contributed by atoms with Gasteiger partial charge in [0.25, 0.3) is 5.91 Å². The van der Waals surface area contributed by atoms with Crippen molar-refractivity contribution >= 4 is 52.6 Å². The molecule has 0 radical (unpaired) electrons. The number of carbonyl (C=O) groups is 2. The summed E-state index contributed by atoms with van der Waals surface area (Å²) in [5.74, 6) is -1.06. The fraction of sp³-hybridized carbons (Fsp3) is 0.0952. The molecule has 1 heterocycles. The quantitative estimate of drug-likeness (QED) is 0.512. The van der Waals surface area contributed by atoms with Crippen molar-refractivity contribution in [3.05, 3.63) is 75.8 Å². The fourth-order valence-electron chi connectivity index (χ4n) is 2.74. The molecule has 0 unspecified atom stereocenters. The standard InChI is InChI=1S/C21H16Cl2N2O4/c1-3-8-29-19-7-4-14(22)9-13(19)10-16-12(2)24-25(20(16)26)15-5-6-18(23)17(11-15)21(27)28/h3-7,9-11H,1,8H2,2H3,(H,27,28)/b16-10-. The lowest BCUT2D eigenvalue weighted by Gasteiger charge is -2.13. The molecule has 2 aromatic carbocycles. The summed E-state index contributed by atoms with van der Waals surface area (Å²) >= 11 is 12.0. The van der Waals surface area contributed by atoms with E-state index in [0.29, 0.717) is 39.9 Å². The van der Waals surface area contributed by atoms with E-state index in [2.05, 4.69) is 11.7 Å². The van der Waals surface area contributed by atoms with E-state index in [4.69, 9.17) is 27.9 Å². The second-order valence-electron chi connectivity index (χ2n) is 6.11. The van der Waals surface area contributed by atoms with Gasteiger partial charge in [0.05, 0.1) is 27.6 Å². The Morgan fingerprint density at radius 2 is 2.03 bits per heavy atom. The summed E-state index contributed by atoms with van der Waals surface area (Å²) in [6.07, 6.45) is 3.25. The van der Waals surface area contributed by atoms with Crippen LogP contribution < -0.4 is 9.75 Å². The van der Waals surface area contributed by atoms with Crippen molar-refractivity contribution < 1.29 is 19.4 Å². The molecule has 8 heteroatoms. The zero-order valence-corrected chi connectivity index (χ0v) is 16.9. The lowest BCUT2D eigenvalue weighted by molar-refractivity contribution is -0.114. The number of hydrogen-bond donors (Lipinski definition) is 1. The number of anilines is 1. The summed E-state index contributed by atoms with van der Waals surface area (Å²) in [5.41, 5.74) is 1.60. The van der Waals surface area contributed by atoms with Crippen LogP contribution in [0.2, 0.25) is 10.0 Å². The van der Waals surface area contributed by atoms with E-state index < -0.39 is 11.9 Å².